The molecule has 1 rings (SSSR count). The molecule has 12 heavy (non-hydrogen) atoms. The summed E-state index contributed by atoms with van der Waals surface area (Å²) in [6.45, 7) is -0.205. The van der Waals surface area contributed by atoms with Gasteiger partial charge in [-0.2, -0.15) is 0 Å². The van der Waals surface area contributed by atoms with Gasteiger partial charge in [-0.05, 0) is 12.1 Å². The van der Waals surface area contributed by atoms with Crippen LogP contribution in [0.1, 0.15) is 5.56 Å². The number of hydrogen-bond acceptors (Lipinski definition) is 2. The maximum atomic E-state index is 12.9. The molecule has 0 fully saturated rings. The molecule has 0 radical (unpaired) electrons. The molecule has 0 spiro atoms. The summed E-state index contributed by atoms with van der Waals surface area (Å²) in [5.41, 5.74) is 0.00231. The summed E-state index contributed by atoms with van der Waals surface area (Å²) in [5, 5.41) is -0.276. The van der Waals surface area contributed by atoms with Crippen LogP contribution in [-0.2, 0) is 11.4 Å². The third-order valence-corrected chi connectivity index (χ3v) is 1.58. The lowest BCUT2D eigenvalue weighted by atomic mass is 10.2. The van der Waals surface area contributed by atoms with Crippen molar-refractivity contribution >= 4 is 11.6 Å². The molecular formula is C7H6ClF2NO. The Kier molecular flexibility index (Phi) is 2.97. The summed E-state index contributed by atoms with van der Waals surface area (Å²) in [4.78, 5) is 4.15. The van der Waals surface area contributed by atoms with Gasteiger partial charge < -0.3 is 0 Å². The number of benzene rings is 1. The van der Waals surface area contributed by atoms with Gasteiger partial charge in [0.1, 0.15) is 11.6 Å². The van der Waals surface area contributed by atoms with Gasteiger partial charge >= 0.3 is 0 Å². The van der Waals surface area contributed by atoms with E-state index in [9.17, 15) is 8.78 Å². The van der Waals surface area contributed by atoms with Crippen LogP contribution in [0.25, 0.3) is 0 Å². The van der Waals surface area contributed by atoms with Crippen LogP contribution < -0.4 is 5.90 Å². The van der Waals surface area contributed by atoms with Gasteiger partial charge in [0.25, 0.3) is 0 Å². The fourth-order valence-corrected chi connectivity index (χ4v) is 1.03. The van der Waals surface area contributed by atoms with Crippen LogP contribution >= 0.6 is 11.6 Å². The second kappa shape index (κ2) is 3.80. The molecule has 1 aromatic carbocycles. The second-order valence-electron chi connectivity index (χ2n) is 2.17. The summed E-state index contributed by atoms with van der Waals surface area (Å²) in [5.74, 6) is 3.38. The third-order valence-electron chi connectivity index (χ3n) is 1.31. The van der Waals surface area contributed by atoms with E-state index in [1.54, 1.807) is 0 Å². The smallest absolute Gasteiger partial charge is 0.147 e. The minimum Gasteiger partial charge on any atom is -0.300 e. The molecule has 2 nitrogen and oxygen atoms in total. The summed E-state index contributed by atoms with van der Waals surface area (Å²) >= 11 is 5.34. The highest BCUT2D eigenvalue weighted by Crippen LogP contribution is 2.20. The Morgan fingerprint density at radius 2 is 2.08 bits per heavy atom. The number of nitrogens with two attached hydrogens (primary N) is 1. The third kappa shape index (κ3) is 1.91. The monoisotopic (exact) mass is 193 g/mol. The van der Waals surface area contributed by atoms with Crippen molar-refractivity contribution in [3.63, 3.8) is 0 Å². The molecule has 0 saturated carbocycles. The van der Waals surface area contributed by atoms with Crippen molar-refractivity contribution in [3.05, 3.63) is 34.4 Å². The maximum absolute atomic E-state index is 12.9. The van der Waals surface area contributed by atoms with Crippen LogP contribution in [0.5, 0.6) is 0 Å². The van der Waals surface area contributed by atoms with Crippen LogP contribution in [0.3, 0.4) is 0 Å². The molecule has 5 heteroatoms. The normalized spacial score (nSPS) is 10.3. The van der Waals surface area contributed by atoms with Crippen molar-refractivity contribution in [1.82, 2.24) is 0 Å². The molecule has 0 atom stereocenters. The zero-order chi connectivity index (χ0) is 9.14. The van der Waals surface area contributed by atoms with Gasteiger partial charge in [-0.1, -0.05) is 11.6 Å². The van der Waals surface area contributed by atoms with Crippen molar-refractivity contribution in [3.8, 4) is 0 Å². The van der Waals surface area contributed by atoms with Crippen LogP contribution in [-0.4, -0.2) is 0 Å². The molecule has 66 valence electrons. The van der Waals surface area contributed by atoms with E-state index in [0.717, 1.165) is 12.1 Å². The molecule has 1 aromatic rings. The highest BCUT2D eigenvalue weighted by molar-refractivity contribution is 6.30. The Bertz CT molecular complexity index is 293. The van der Waals surface area contributed by atoms with Crippen molar-refractivity contribution in [2.75, 3.05) is 0 Å². The van der Waals surface area contributed by atoms with E-state index in [4.69, 9.17) is 17.5 Å². The lowest BCUT2D eigenvalue weighted by Crippen LogP contribution is -2.02. The van der Waals surface area contributed by atoms with Crippen LogP contribution in [0.2, 0.25) is 5.02 Å². The largest absolute Gasteiger partial charge is 0.300 e. The van der Waals surface area contributed by atoms with Gasteiger partial charge in [0.05, 0.1) is 11.6 Å². The van der Waals surface area contributed by atoms with E-state index in [2.05, 4.69) is 4.84 Å². The zero-order valence-electron chi connectivity index (χ0n) is 5.98. The molecule has 0 amide bonds. The standard InChI is InChI=1S/C7H6ClF2NO/c8-6-2-5(9)1-4(3-12-11)7(6)10/h1-2H,3,11H2. The minimum atomic E-state index is -0.705. The minimum absolute atomic E-state index is 0.00231. The molecular weight excluding hydrogens is 188 g/mol. The maximum Gasteiger partial charge on any atom is 0.147 e. The highest BCUT2D eigenvalue weighted by atomic mass is 35.5. The molecule has 0 aromatic heterocycles. The number of halogens is 3. The molecule has 0 unspecified atom stereocenters. The van der Waals surface area contributed by atoms with E-state index in [0.29, 0.717) is 0 Å². The van der Waals surface area contributed by atoms with E-state index in [1.165, 1.54) is 0 Å². The van der Waals surface area contributed by atoms with Crippen molar-refractivity contribution in [1.29, 1.82) is 0 Å². The summed E-state index contributed by atoms with van der Waals surface area (Å²) < 4.78 is 25.5. The number of hydrogen-bond donors (Lipinski definition) is 1. The predicted molar refractivity (Wildman–Crippen MR) is 40.3 cm³/mol. The zero-order valence-corrected chi connectivity index (χ0v) is 6.74. The van der Waals surface area contributed by atoms with Gasteiger partial charge in [-0.3, -0.25) is 4.84 Å². The van der Waals surface area contributed by atoms with Crippen LogP contribution in [0.15, 0.2) is 12.1 Å². The first-order valence-corrected chi connectivity index (χ1v) is 3.48. The van der Waals surface area contributed by atoms with Gasteiger partial charge in [0, 0.05) is 5.56 Å². The Labute approximate surface area is 72.8 Å². The molecule has 0 aliphatic rings. The summed E-state index contributed by atoms with van der Waals surface area (Å²) in [7, 11) is 0. The summed E-state index contributed by atoms with van der Waals surface area (Å²) in [6.07, 6.45) is 0. The second-order valence-corrected chi connectivity index (χ2v) is 2.58. The van der Waals surface area contributed by atoms with Gasteiger partial charge in [0.15, 0.2) is 0 Å². The Morgan fingerprint density at radius 3 is 2.67 bits per heavy atom. The Hall–Kier alpha value is -0.710. The first-order chi connectivity index (χ1) is 5.65. The Balaban J connectivity index is 3.09. The SMILES string of the molecule is NOCc1cc(F)cc(Cl)c1F. The lowest BCUT2D eigenvalue weighted by molar-refractivity contribution is 0.121. The fraction of sp³-hybridized carbons (Fsp3) is 0.143. The van der Waals surface area contributed by atoms with Crippen LogP contribution in [0.4, 0.5) is 8.78 Å². The van der Waals surface area contributed by atoms with E-state index >= 15 is 0 Å². The summed E-state index contributed by atoms with van der Waals surface area (Å²) in [6, 6.07) is 1.87. The first kappa shape index (κ1) is 9.38. The Morgan fingerprint density at radius 1 is 1.42 bits per heavy atom. The highest BCUT2D eigenvalue weighted by Gasteiger charge is 2.08. The molecule has 0 bridgehead atoms. The predicted octanol–water partition coefficient (Wildman–Crippen LogP) is 2.01. The molecule has 0 heterocycles. The van der Waals surface area contributed by atoms with E-state index < -0.39 is 11.6 Å². The van der Waals surface area contributed by atoms with Gasteiger partial charge in [0.2, 0.25) is 0 Å². The topological polar surface area (TPSA) is 35.2 Å². The lowest BCUT2D eigenvalue weighted by Gasteiger charge is -2.02. The van der Waals surface area contributed by atoms with Crippen molar-refractivity contribution in [2.24, 2.45) is 5.90 Å². The quantitative estimate of drug-likeness (QED) is 0.576. The van der Waals surface area contributed by atoms with Crippen molar-refractivity contribution in [2.45, 2.75) is 6.61 Å². The van der Waals surface area contributed by atoms with E-state index in [-0.39, 0.29) is 17.2 Å². The van der Waals surface area contributed by atoms with Crippen molar-refractivity contribution < 1.29 is 13.6 Å². The average molecular weight is 194 g/mol. The van der Waals surface area contributed by atoms with Crippen LogP contribution in [0, 0.1) is 11.6 Å². The molecule has 0 saturated heterocycles. The number of rotatable bonds is 2. The molecule has 2 N–H and O–H groups in total. The average Bonchev–Trinajstić information content (AvgIpc) is 2.00. The van der Waals surface area contributed by atoms with E-state index in [1.807, 2.05) is 0 Å². The fourth-order valence-electron chi connectivity index (χ4n) is 0.804. The van der Waals surface area contributed by atoms with Gasteiger partial charge in [-0.15, -0.1) is 0 Å². The molecule has 0 aliphatic heterocycles. The first-order valence-electron chi connectivity index (χ1n) is 3.10. The van der Waals surface area contributed by atoms with Gasteiger partial charge in [-0.25, -0.2) is 14.7 Å². The molecule has 0 aliphatic carbocycles.